The molecular formula is C41H67O8P. The van der Waals surface area contributed by atoms with Gasteiger partial charge in [-0.05, 0) is 83.5 Å². The first kappa shape index (κ1) is 47.2. The molecule has 0 aliphatic carbocycles. The summed E-state index contributed by atoms with van der Waals surface area (Å²) in [5, 5.41) is 0. The second kappa shape index (κ2) is 36.0. The van der Waals surface area contributed by atoms with Crippen LogP contribution in [-0.4, -0.2) is 41.0 Å². The van der Waals surface area contributed by atoms with E-state index in [-0.39, 0.29) is 19.4 Å². The summed E-state index contributed by atoms with van der Waals surface area (Å²) < 4.78 is 26.2. The Morgan fingerprint density at radius 1 is 0.540 bits per heavy atom. The summed E-state index contributed by atoms with van der Waals surface area (Å²) in [7, 11) is -4.77. The number of ether oxygens (including phenoxy) is 2. The first-order valence-electron chi connectivity index (χ1n) is 18.9. The Morgan fingerprint density at radius 2 is 0.980 bits per heavy atom. The predicted molar refractivity (Wildman–Crippen MR) is 207 cm³/mol. The molecule has 0 bridgehead atoms. The summed E-state index contributed by atoms with van der Waals surface area (Å²) in [6, 6.07) is 0. The Labute approximate surface area is 303 Å². The molecule has 9 heteroatoms. The van der Waals surface area contributed by atoms with Crippen molar-refractivity contribution in [3.8, 4) is 0 Å². The van der Waals surface area contributed by atoms with Crippen molar-refractivity contribution < 1.29 is 37.9 Å². The number of phosphoric acid groups is 1. The number of allylic oxidation sites excluding steroid dienone is 14. The van der Waals surface area contributed by atoms with Gasteiger partial charge in [0, 0.05) is 12.8 Å². The average molecular weight is 719 g/mol. The summed E-state index contributed by atoms with van der Waals surface area (Å²) in [6.45, 7) is 3.46. The van der Waals surface area contributed by atoms with Crippen molar-refractivity contribution >= 4 is 19.8 Å². The minimum absolute atomic E-state index is 0.127. The largest absolute Gasteiger partial charge is 0.469 e. The summed E-state index contributed by atoms with van der Waals surface area (Å²) in [6.07, 6.45) is 47.3. The molecule has 0 rings (SSSR count). The summed E-state index contributed by atoms with van der Waals surface area (Å²) in [4.78, 5) is 42.7. The summed E-state index contributed by atoms with van der Waals surface area (Å²) in [5.41, 5.74) is 0. The minimum atomic E-state index is -4.77. The molecule has 0 spiro atoms. The van der Waals surface area contributed by atoms with Crippen molar-refractivity contribution in [2.24, 2.45) is 0 Å². The molecule has 0 aromatic heterocycles. The lowest BCUT2D eigenvalue weighted by Crippen LogP contribution is -2.29. The average Bonchev–Trinajstić information content (AvgIpc) is 3.08. The SMILES string of the molecule is CC/C=C\C/C=C\C/C=C\CCCCCCCC(=O)OC[C@H](COP(=O)(O)O)OC(=O)CCC/C=C\C/C=C\C/C=C\C/C=C\CCCCC. The van der Waals surface area contributed by atoms with E-state index in [1.807, 2.05) is 12.2 Å². The smallest absolute Gasteiger partial charge is 0.462 e. The van der Waals surface area contributed by atoms with Crippen LogP contribution in [0.1, 0.15) is 142 Å². The normalized spacial score (nSPS) is 13.4. The lowest BCUT2D eigenvalue weighted by molar-refractivity contribution is -0.161. The number of carbonyl (C=O) groups excluding carboxylic acids is 2. The van der Waals surface area contributed by atoms with Crippen LogP contribution in [-0.2, 0) is 28.2 Å². The maximum atomic E-state index is 12.3. The quantitative estimate of drug-likeness (QED) is 0.0298. The van der Waals surface area contributed by atoms with Crippen molar-refractivity contribution in [2.75, 3.05) is 13.2 Å². The van der Waals surface area contributed by atoms with Crippen LogP contribution in [0.4, 0.5) is 0 Å². The lowest BCUT2D eigenvalue weighted by atomic mass is 10.1. The van der Waals surface area contributed by atoms with Gasteiger partial charge in [0.15, 0.2) is 6.10 Å². The predicted octanol–water partition coefficient (Wildman–Crippen LogP) is 11.3. The zero-order valence-corrected chi connectivity index (χ0v) is 31.9. The summed E-state index contributed by atoms with van der Waals surface area (Å²) >= 11 is 0. The first-order chi connectivity index (χ1) is 24.3. The molecule has 0 aromatic rings. The van der Waals surface area contributed by atoms with Crippen LogP contribution in [0, 0.1) is 0 Å². The molecule has 0 fully saturated rings. The van der Waals surface area contributed by atoms with Crippen LogP contribution >= 0.6 is 7.82 Å². The Morgan fingerprint density at radius 3 is 1.50 bits per heavy atom. The monoisotopic (exact) mass is 718 g/mol. The van der Waals surface area contributed by atoms with E-state index in [9.17, 15) is 14.2 Å². The van der Waals surface area contributed by atoms with E-state index in [1.165, 1.54) is 19.3 Å². The molecule has 0 saturated carbocycles. The van der Waals surface area contributed by atoms with E-state index in [4.69, 9.17) is 19.3 Å². The molecule has 284 valence electrons. The Balaban J connectivity index is 4.12. The number of hydrogen-bond acceptors (Lipinski definition) is 6. The van der Waals surface area contributed by atoms with E-state index in [2.05, 4.69) is 91.3 Å². The number of esters is 2. The fraction of sp³-hybridized carbons (Fsp3) is 0.610. The first-order valence-corrected chi connectivity index (χ1v) is 20.4. The Bertz CT molecular complexity index is 1080. The number of carbonyl (C=O) groups is 2. The fourth-order valence-corrected chi connectivity index (χ4v) is 4.97. The number of hydrogen-bond donors (Lipinski definition) is 2. The van der Waals surface area contributed by atoms with Crippen LogP contribution in [0.5, 0.6) is 0 Å². The minimum Gasteiger partial charge on any atom is -0.462 e. The highest BCUT2D eigenvalue weighted by Gasteiger charge is 2.22. The van der Waals surface area contributed by atoms with Crippen LogP contribution < -0.4 is 0 Å². The number of rotatable bonds is 33. The van der Waals surface area contributed by atoms with E-state index >= 15 is 0 Å². The zero-order chi connectivity index (χ0) is 36.8. The highest BCUT2D eigenvalue weighted by atomic mass is 31.2. The maximum Gasteiger partial charge on any atom is 0.469 e. The van der Waals surface area contributed by atoms with Crippen molar-refractivity contribution in [2.45, 2.75) is 148 Å². The molecule has 0 heterocycles. The van der Waals surface area contributed by atoms with Crippen LogP contribution in [0.25, 0.3) is 0 Å². The van der Waals surface area contributed by atoms with Gasteiger partial charge < -0.3 is 19.3 Å². The third-order valence-electron chi connectivity index (χ3n) is 7.40. The molecule has 0 unspecified atom stereocenters. The molecule has 0 aliphatic heterocycles. The standard InChI is InChI=1S/C41H67O8P/c1-3-5-7-9-11-13-15-17-19-20-22-24-26-28-30-32-34-36-41(43)49-39(38-48-50(44,45)46)37-47-40(42)35-33-31-29-27-25-23-21-18-16-14-12-10-8-6-4-2/h6,8,11-14,17-19,21-22,24,28,30,39H,3-5,7,9-10,15-16,20,23,25-27,29,31-38H2,1-2H3,(H2,44,45,46)/b8-6-,13-11-,14-12-,19-17-,21-18-,24-22-,30-28-/t39-/m1/s1. The molecule has 0 aliphatic rings. The lowest BCUT2D eigenvalue weighted by Gasteiger charge is -2.18. The molecule has 0 radical (unpaired) electrons. The van der Waals surface area contributed by atoms with E-state index in [1.54, 1.807) is 0 Å². The van der Waals surface area contributed by atoms with Gasteiger partial charge in [0.1, 0.15) is 6.61 Å². The third kappa shape index (κ3) is 38.0. The van der Waals surface area contributed by atoms with Gasteiger partial charge in [-0.3, -0.25) is 14.1 Å². The van der Waals surface area contributed by atoms with Crippen molar-refractivity contribution in [3.05, 3.63) is 85.1 Å². The van der Waals surface area contributed by atoms with E-state index in [0.717, 1.165) is 77.0 Å². The van der Waals surface area contributed by atoms with Crippen LogP contribution in [0.2, 0.25) is 0 Å². The van der Waals surface area contributed by atoms with Gasteiger partial charge in [0.25, 0.3) is 0 Å². The van der Waals surface area contributed by atoms with Gasteiger partial charge in [-0.2, -0.15) is 0 Å². The van der Waals surface area contributed by atoms with Gasteiger partial charge in [-0.25, -0.2) is 4.57 Å². The molecule has 0 amide bonds. The molecule has 0 saturated heterocycles. The third-order valence-corrected chi connectivity index (χ3v) is 7.88. The van der Waals surface area contributed by atoms with Gasteiger partial charge >= 0.3 is 19.8 Å². The highest BCUT2D eigenvalue weighted by molar-refractivity contribution is 7.46. The Hall–Kier alpha value is -2.77. The van der Waals surface area contributed by atoms with Gasteiger partial charge in [0.05, 0.1) is 6.61 Å². The number of unbranched alkanes of at least 4 members (excludes halogenated alkanes) is 9. The van der Waals surface area contributed by atoms with Crippen molar-refractivity contribution in [3.63, 3.8) is 0 Å². The maximum absolute atomic E-state index is 12.3. The second-order valence-electron chi connectivity index (χ2n) is 12.2. The summed E-state index contributed by atoms with van der Waals surface area (Å²) in [5.74, 6) is -0.980. The molecule has 1 atom stereocenters. The zero-order valence-electron chi connectivity index (χ0n) is 31.0. The topological polar surface area (TPSA) is 119 Å². The molecule has 8 nitrogen and oxygen atoms in total. The van der Waals surface area contributed by atoms with Crippen LogP contribution in [0.15, 0.2) is 85.1 Å². The second-order valence-corrected chi connectivity index (χ2v) is 13.4. The van der Waals surface area contributed by atoms with Crippen LogP contribution in [0.3, 0.4) is 0 Å². The number of phosphoric ester groups is 1. The van der Waals surface area contributed by atoms with Gasteiger partial charge in [0.2, 0.25) is 0 Å². The molecule has 50 heavy (non-hydrogen) atoms. The van der Waals surface area contributed by atoms with E-state index < -0.39 is 32.5 Å². The fourth-order valence-electron chi connectivity index (χ4n) is 4.61. The molecule has 2 N–H and O–H groups in total. The molecular weight excluding hydrogens is 651 g/mol. The van der Waals surface area contributed by atoms with Gasteiger partial charge in [-0.15, -0.1) is 0 Å². The molecule has 0 aromatic carbocycles. The van der Waals surface area contributed by atoms with E-state index in [0.29, 0.717) is 19.3 Å². The van der Waals surface area contributed by atoms with Gasteiger partial charge in [-0.1, -0.05) is 131 Å². The van der Waals surface area contributed by atoms with Crippen molar-refractivity contribution in [1.29, 1.82) is 0 Å². The highest BCUT2D eigenvalue weighted by Crippen LogP contribution is 2.35. The Kier molecular flexibility index (Phi) is 34.0. The van der Waals surface area contributed by atoms with Crippen molar-refractivity contribution in [1.82, 2.24) is 0 Å².